The van der Waals surface area contributed by atoms with E-state index in [0.717, 1.165) is 32.4 Å². The Kier molecular flexibility index (Phi) is 6.07. The molecule has 4 rings (SSSR count). The molecule has 0 unspecified atom stereocenters. The van der Waals surface area contributed by atoms with Gasteiger partial charge in [-0.05, 0) is 30.4 Å². The first-order valence-corrected chi connectivity index (χ1v) is 9.78. The van der Waals surface area contributed by atoms with Crippen LogP contribution >= 0.6 is 0 Å². The van der Waals surface area contributed by atoms with Gasteiger partial charge < -0.3 is 23.8 Å². The van der Waals surface area contributed by atoms with E-state index in [1.54, 1.807) is 7.11 Å². The normalized spacial score (nSPS) is 21.8. The summed E-state index contributed by atoms with van der Waals surface area (Å²) in [5.41, 5.74) is 5.31. The predicted molar refractivity (Wildman–Crippen MR) is 104 cm³/mol. The Morgan fingerprint density at radius 1 is 1.30 bits per heavy atom. The summed E-state index contributed by atoms with van der Waals surface area (Å²) in [5.74, 6) is 0.687. The number of benzene rings is 1. The lowest BCUT2D eigenvalue weighted by Crippen LogP contribution is -2.35. The van der Waals surface area contributed by atoms with Crippen LogP contribution in [0.4, 0.5) is 0 Å². The van der Waals surface area contributed by atoms with E-state index in [1.165, 1.54) is 22.4 Å². The van der Waals surface area contributed by atoms with Gasteiger partial charge in [-0.3, -0.25) is 0 Å². The summed E-state index contributed by atoms with van der Waals surface area (Å²) in [6.07, 6.45) is 5.23. The summed E-state index contributed by atoms with van der Waals surface area (Å²) in [5, 5.41) is 0. The molecule has 0 N–H and O–H groups in total. The minimum atomic E-state index is -0.00817. The average Bonchev–Trinajstić information content (AvgIpc) is 2.73. The average molecular weight is 372 g/mol. The Morgan fingerprint density at radius 2 is 2.26 bits per heavy atom. The zero-order valence-electron chi connectivity index (χ0n) is 16.0. The second-order valence-corrected chi connectivity index (χ2v) is 7.15. The molecule has 6 heteroatoms. The van der Waals surface area contributed by atoms with Crippen molar-refractivity contribution in [1.29, 1.82) is 0 Å². The highest BCUT2D eigenvalue weighted by molar-refractivity contribution is 5.96. The van der Waals surface area contributed by atoms with Gasteiger partial charge >= 0.3 is 0 Å². The second-order valence-electron chi connectivity index (χ2n) is 7.15. The molecule has 0 aromatic heterocycles. The summed E-state index contributed by atoms with van der Waals surface area (Å²) in [6.45, 7) is 4.83. The van der Waals surface area contributed by atoms with E-state index in [-0.39, 0.29) is 6.10 Å². The van der Waals surface area contributed by atoms with Crippen molar-refractivity contribution in [3.8, 4) is 0 Å². The molecule has 1 fully saturated rings. The van der Waals surface area contributed by atoms with Crippen LogP contribution < -0.4 is 0 Å². The molecule has 0 bridgehead atoms. The smallest absolute Gasteiger partial charge is 0.212 e. The van der Waals surface area contributed by atoms with Crippen LogP contribution in [0, 0.1) is 0 Å². The number of aliphatic imine (C=N–C) groups is 1. The van der Waals surface area contributed by atoms with Gasteiger partial charge in [0.15, 0.2) is 0 Å². The van der Waals surface area contributed by atoms with Gasteiger partial charge in [-0.25, -0.2) is 4.99 Å². The molecule has 27 heavy (non-hydrogen) atoms. The molecule has 1 aromatic carbocycles. The van der Waals surface area contributed by atoms with Crippen LogP contribution in [0.25, 0.3) is 5.70 Å². The van der Waals surface area contributed by atoms with Crippen molar-refractivity contribution >= 4 is 11.6 Å². The fourth-order valence-electron chi connectivity index (χ4n) is 3.76. The van der Waals surface area contributed by atoms with Gasteiger partial charge in [-0.2, -0.15) is 0 Å². The molecule has 0 saturated carbocycles. The lowest BCUT2D eigenvalue weighted by molar-refractivity contribution is -0.103. The lowest BCUT2D eigenvalue weighted by Gasteiger charge is -2.34. The number of hydrogen-bond donors (Lipinski definition) is 0. The first-order valence-electron chi connectivity index (χ1n) is 9.78. The van der Waals surface area contributed by atoms with Gasteiger partial charge in [-0.1, -0.05) is 18.2 Å². The van der Waals surface area contributed by atoms with Gasteiger partial charge in [0.25, 0.3) is 0 Å². The Morgan fingerprint density at radius 3 is 3.11 bits per heavy atom. The second kappa shape index (κ2) is 8.87. The predicted octanol–water partition coefficient (Wildman–Crippen LogP) is 2.27. The topological polar surface area (TPSA) is 52.5 Å². The standard InChI is InChI=1S/C21H28N2O4/c1-24-8-2-3-16-4-5-19-17(11-16)6-7-23-15-22-21(12-20(19)23)27-14-18-13-25-9-10-26-18/h4-5,11-12,18H,2-3,6-10,13-15H2,1H3/t18-/m1/s1. The van der Waals surface area contributed by atoms with Crippen LogP contribution in [0.15, 0.2) is 29.3 Å². The minimum Gasteiger partial charge on any atom is -0.475 e. The number of hydrogen-bond acceptors (Lipinski definition) is 6. The molecule has 1 aromatic rings. The highest BCUT2D eigenvalue weighted by Crippen LogP contribution is 2.31. The van der Waals surface area contributed by atoms with Crippen molar-refractivity contribution in [2.45, 2.75) is 25.4 Å². The summed E-state index contributed by atoms with van der Waals surface area (Å²) in [7, 11) is 1.76. The Labute approximate surface area is 160 Å². The van der Waals surface area contributed by atoms with E-state index in [0.29, 0.717) is 39.0 Å². The van der Waals surface area contributed by atoms with Crippen LogP contribution in [0.3, 0.4) is 0 Å². The Balaban J connectivity index is 1.43. The Bertz CT molecular complexity index is 710. The highest BCUT2D eigenvalue weighted by Gasteiger charge is 2.25. The van der Waals surface area contributed by atoms with E-state index in [1.807, 2.05) is 0 Å². The van der Waals surface area contributed by atoms with Gasteiger partial charge in [0, 0.05) is 31.9 Å². The zero-order valence-corrected chi connectivity index (χ0v) is 16.0. The van der Waals surface area contributed by atoms with Crippen LogP contribution in [-0.4, -0.2) is 70.3 Å². The maximum Gasteiger partial charge on any atom is 0.212 e. The van der Waals surface area contributed by atoms with Gasteiger partial charge in [-0.15, -0.1) is 0 Å². The van der Waals surface area contributed by atoms with Crippen LogP contribution in [0.5, 0.6) is 0 Å². The monoisotopic (exact) mass is 372 g/mol. The fraction of sp³-hybridized carbons (Fsp3) is 0.571. The summed E-state index contributed by atoms with van der Waals surface area (Å²) in [6, 6.07) is 6.83. The van der Waals surface area contributed by atoms with Gasteiger partial charge in [0.1, 0.15) is 19.4 Å². The Hall–Kier alpha value is -1.89. The third kappa shape index (κ3) is 4.51. The number of fused-ring (bicyclic) bond motifs is 3. The van der Waals surface area contributed by atoms with E-state index in [9.17, 15) is 0 Å². The molecule has 1 saturated heterocycles. The zero-order chi connectivity index (χ0) is 18.5. The molecule has 0 amide bonds. The summed E-state index contributed by atoms with van der Waals surface area (Å²) < 4.78 is 22.1. The molecule has 3 aliphatic heterocycles. The fourth-order valence-corrected chi connectivity index (χ4v) is 3.76. The molecule has 0 aliphatic carbocycles. The van der Waals surface area contributed by atoms with E-state index < -0.39 is 0 Å². The van der Waals surface area contributed by atoms with Crippen molar-refractivity contribution in [3.63, 3.8) is 0 Å². The number of ether oxygens (including phenoxy) is 4. The number of aryl methyl sites for hydroxylation is 1. The maximum absolute atomic E-state index is 5.90. The maximum atomic E-state index is 5.90. The number of methoxy groups -OCH3 is 1. The van der Waals surface area contributed by atoms with Crippen LogP contribution in [-0.2, 0) is 31.8 Å². The molecular weight excluding hydrogens is 344 g/mol. The quantitative estimate of drug-likeness (QED) is 0.717. The van der Waals surface area contributed by atoms with Crippen molar-refractivity contribution in [2.75, 3.05) is 53.4 Å². The molecule has 3 heterocycles. The minimum absolute atomic E-state index is 0.00817. The number of nitrogens with zero attached hydrogens (tertiary/aromatic N) is 2. The van der Waals surface area contributed by atoms with Crippen molar-refractivity contribution in [1.82, 2.24) is 4.90 Å². The van der Waals surface area contributed by atoms with E-state index in [2.05, 4.69) is 34.2 Å². The lowest BCUT2D eigenvalue weighted by atomic mass is 9.93. The third-order valence-electron chi connectivity index (χ3n) is 5.21. The molecular formula is C21H28N2O4. The first-order chi connectivity index (χ1) is 13.3. The number of rotatable bonds is 6. The summed E-state index contributed by atoms with van der Waals surface area (Å²) >= 11 is 0. The van der Waals surface area contributed by atoms with E-state index in [4.69, 9.17) is 18.9 Å². The molecule has 0 radical (unpaired) electrons. The summed E-state index contributed by atoms with van der Waals surface area (Å²) in [4.78, 5) is 6.89. The first kappa shape index (κ1) is 18.5. The molecule has 0 spiro atoms. The van der Waals surface area contributed by atoms with Crippen molar-refractivity contribution in [3.05, 3.63) is 41.0 Å². The van der Waals surface area contributed by atoms with Gasteiger partial charge in [0.2, 0.25) is 5.90 Å². The largest absolute Gasteiger partial charge is 0.475 e. The molecule has 3 aliphatic rings. The highest BCUT2D eigenvalue weighted by atomic mass is 16.6. The SMILES string of the molecule is COCCCc1ccc2c(c1)CCN1CN=C(OC[C@H]3COCCO3)C=C21. The molecule has 6 nitrogen and oxygen atoms in total. The third-order valence-corrected chi connectivity index (χ3v) is 5.21. The molecule has 1 atom stereocenters. The van der Waals surface area contributed by atoms with Crippen molar-refractivity contribution in [2.24, 2.45) is 4.99 Å². The van der Waals surface area contributed by atoms with Crippen molar-refractivity contribution < 1.29 is 18.9 Å². The van der Waals surface area contributed by atoms with Gasteiger partial charge in [0.05, 0.1) is 25.5 Å². The molecule has 146 valence electrons. The van der Waals surface area contributed by atoms with Crippen LogP contribution in [0.2, 0.25) is 0 Å². The van der Waals surface area contributed by atoms with E-state index >= 15 is 0 Å². The van der Waals surface area contributed by atoms with Crippen LogP contribution in [0.1, 0.15) is 23.1 Å².